The van der Waals surface area contributed by atoms with Gasteiger partial charge in [-0.15, -0.1) is 12.4 Å². The molecule has 170 valence electrons. The quantitative estimate of drug-likeness (QED) is 0.570. The number of halogens is 1. The van der Waals surface area contributed by atoms with Crippen molar-refractivity contribution in [2.45, 2.75) is 70.4 Å². The number of nitrogens with zero attached hydrogens (tertiary/aromatic N) is 2. The number of piperidine rings is 2. The summed E-state index contributed by atoms with van der Waals surface area (Å²) >= 11 is 0. The Morgan fingerprint density at radius 2 is 2.00 bits per heavy atom. The zero-order chi connectivity index (χ0) is 20.4. The molecule has 3 heterocycles. The van der Waals surface area contributed by atoms with Gasteiger partial charge < -0.3 is 4.74 Å². The zero-order valence-electron chi connectivity index (χ0n) is 18.4. The van der Waals surface area contributed by atoms with E-state index < -0.39 is 10.0 Å². The van der Waals surface area contributed by atoms with Crippen LogP contribution in [-0.4, -0.2) is 56.2 Å². The molecular weight excluding hydrogens is 420 g/mol. The van der Waals surface area contributed by atoms with Crippen molar-refractivity contribution in [2.24, 2.45) is 5.92 Å². The van der Waals surface area contributed by atoms with Gasteiger partial charge in [-0.3, -0.25) is 4.90 Å². The predicted molar refractivity (Wildman–Crippen MR) is 124 cm³/mol. The predicted octanol–water partition coefficient (Wildman–Crippen LogP) is 4.41. The van der Waals surface area contributed by atoms with Crippen molar-refractivity contribution in [1.29, 1.82) is 0 Å². The summed E-state index contributed by atoms with van der Waals surface area (Å²) < 4.78 is 33.7. The third-order valence-electron chi connectivity index (χ3n) is 7.23. The van der Waals surface area contributed by atoms with Gasteiger partial charge in [-0.05, 0) is 61.3 Å². The van der Waals surface area contributed by atoms with Gasteiger partial charge in [0.2, 0.25) is 10.0 Å². The smallest absolute Gasteiger partial charge is 0.214 e. The molecule has 30 heavy (non-hydrogen) atoms. The molecule has 1 aromatic carbocycles. The number of ether oxygens (including phenoxy) is 1. The van der Waals surface area contributed by atoms with Gasteiger partial charge >= 0.3 is 0 Å². The Labute approximate surface area is 188 Å². The molecule has 2 fully saturated rings. The molecule has 0 radical (unpaired) electrons. The molecule has 7 heteroatoms. The Hall–Kier alpha value is -0.820. The van der Waals surface area contributed by atoms with E-state index in [1.807, 2.05) is 4.31 Å². The largest absolute Gasteiger partial charge is 0.497 e. The van der Waals surface area contributed by atoms with Gasteiger partial charge in [0.25, 0.3) is 0 Å². The summed E-state index contributed by atoms with van der Waals surface area (Å²) in [5.41, 5.74) is 2.75. The van der Waals surface area contributed by atoms with Crippen LogP contribution < -0.4 is 4.74 Å². The van der Waals surface area contributed by atoms with E-state index >= 15 is 0 Å². The summed E-state index contributed by atoms with van der Waals surface area (Å²) in [5, 5.41) is 0. The molecule has 3 aliphatic heterocycles. The van der Waals surface area contributed by atoms with E-state index in [1.54, 1.807) is 7.11 Å². The van der Waals surface area contributed by atoms with E-state index in [-0.39, 0.29) is 18.4 Å². The topological polar surface area (TPSA) is 49.9 Å². The van der Waals surface area contributed by atoms with Crippen molar-refractivity contribution in [3.8, 4) is 5.75 Å². The number of methoxy groups -OCH3 is 1. The van der Waals surface area contributed by atoms with E-state index in [1.165, 1.54) is 11.1 Å². The number of fused-ring (bicyclic) bond motifs is 4. The van der Waals surface area contributed by atoms with E-state index in [4.69, 9.17) is 4.74 Å². The van der Waals surface area contributed by atoms with Crippen molar-refractivity contribution in [3.05, 3.63) is 29.3 Å². The first-order chi connectivity index (χ1) is 14.0. The van der Waals surface area contributed by atoms with Crippen molar-refractivity contribution in [1.82, 2.24) is 9.21 Å². The molecule has 3 atom stereocenters. The maximum atomic E-state index is 13.2. The number of rotatable bonds is 7. The van der Waals surface area contributed by atoms with Crippen LogP contribution in [-0.2, 0) is 16.4 Å². The average Bonchev–Trinajstić information content (AvgIpc) is 2.74. The molecule has 0 amide bonds. The second kappa shape index (κ2) is 10.2. The first-order valence-corrected chi connectivity index (χ1v) is 13.0. The van der Waals surface area contributed by atoms with Gasteiger partial charge in [-0.2, -0.15) is 4.31 Å². The van der Waals surface area contributed by atoms with Gasteiger partial charge in [0.1, 0.15) is 5.75 Å². The maximum absolute atomic E-state index is 13.2. The molecule has 2 saturated heterocycles. The van der Waals surface area contributed by atoms with Gasteiger partial charge in [-0.1, -0.05) is 32.3 Å². The second-order valence-corrected chi connectivity index (χ2v) is 11.1. The summed E-state index contributed by atoms with van der Waals surface area (Å²) in [6.07, 6.45) is 8.21. The van der Waals surface area contributed by atoms with Crippen LogP contribution in [0.1, 0.15) is 69.0 Å². The molecule has 0 unspecified atom stereocenters. The van der Waals surface area contributed by atoms with Crippen molar-refractivity contribution >= 4 is 22.4 Å². The highest BCUT2D eigenvalue weighted by Gasteiger charge is 2.45. The summed E-state index contributed by atoms with van der Waals surface area (Å²) in [6.45, 7) is 4.97. The highest BCUT2D eigenvalue weighted by Crippen LogP contribution is 2.44. The third kappa shape index (κ3) is 4.82. The fraction of sp³-hybridized carbons (Fsp3) is 0.739. The fourth-order valence-corrected chi connectivity index (χ4v) is 7.57. The van der Waals surface area contributed by atoms with Crippen LogP contribution in [0.3, 0.4) is 0 Å². The third-order valence-corrected chi connectivity index (χ3v) is 9.21. The molecule has 0 saturated carbocycles. The van der Waals surface area contributed by atoms with Gasteiger partial charge in [0.05, 0.1) is 12.9 Å². The lowest BCUT2D eigenvalue weighted by Crippen LogP contribution is -2.57. The number of sulfonamides is 1. The van der Waals surface area contributed by atoms with Crippen LogP contribution in [0.2, 0.25) is 0 Å². The van der Waals surface area contributed by atoms with Crippen molar-refractivity contribution in [3.63, 3.8) is 0 Å². The number of hydrogen-bond acceptors (Lipinski definition) is 4. The monoisotopic (exact) mass is 456 g/mol. The first-order valence-electron chi connectivity index (χ1n) is 11.4. The first kappa shape index (κ1) is 23.8. The van der Waals surface area contributed by atoms with Crippen LogP contribution in [0.5, 0.6) is 5.75 Å². The highest BCUT2D eigenvalue weighted by molar-refractivity contribution is 7.89. The average molecular weight is 457 g/mol. The Kier molecular flexibility index (Phi) is 8.10. The Morgan fingerprint density at radius 3 is 2.77 bits per heavy atom. The van der Waals surface area contributed by atoms with E-state index in [0.717, 1.165) is 70.2 Å². The molecule has 0 spiro atoms. The van der Waals surface area contributed by atoms with Crippen LogP contribution in [0, 0.1) is 5.92 Å². The molecule has 0 aromatic heterocycles. The van der Waals surface area contributed by atoms with E-state index in [9.17, 15) is 8.42 Å². The van der Waals surface area contributed by atoms with Crippen molar-refractivity contribution in [2.75, 3.05) is 32.5 Å². The Balaban J connectivity index is 0.00000256. The van der Waals surface area contributed by atoms with Crippen molar-refractivity contribution < 1.29 is 13.2 Å². The minimum absolute atomic E-state index is 0. The lowest BCUT2D eigenvalue weighted by molar-refractivity contribution is 0.0219. The van der Waals surface area contributed by atoms with Crippen LogP contribution in [0.15, 0.2) is 18.2 Å². The Morgan fingerprint density at radius 1 is 1.17 bits per heavy atom. The Bertz CT molecular complexity index is 817. The maximum Gasteiger partial charge on any atom is 0.214 e. The molecule has 0 bridgehead atoms. The SMILES string of the molecule is CCCCCCS(=O)(=O)N1CCC[C@@H]2CN3CCc4cc(OC)ccc4[C@@H]3C[C@@H]21.Cl. The number of benzene rings is 1. The van der Waals surface area contributed by atoms with Gasteiger partial charge in [-0.25, -0.2) is 8.42 Å². The van der Waals surface area contributed by atoms with E-state index in [0.29, 0.717) is 24.3 Å². The molecular formula is C23H37ClN2O3S. The molecule has 0 aliphatic carbocycles. The second-order valence-electron chi connectivity index (χ2n) is 9.02. The van der Waals surface area contributed by atoms with Crippen LogP contribution in [0.25, 0.3) is 0 Å². The zero-order valence-corrected chi connectivity index (χ0v) is 20.0. The van der Waals surface area contributed by atoms with Gasteiger partial charge in [0.15, 0.2) is 0 Å². The molecule has 3 aliphatic rings. The lowest BCUT2D eigenvalue weighted by atomic mass is 9.77. The minimum atomic E-state index is -3.17. The molecule has 4 rings (SSSR count). The summed E-state index contributed by atoms with van der Waals surface area (Å²) in [5.74, 6) is 1.71. The number of hydrogen-bond donors (Lipinski definition) is 0. The number of unbranched alkanes of at least 4 members (excludes halogenated alkanes) is 3. The standard InChI is InChI=1S/C23H36N2O3S.ClH/c1-3-4-5-6-14-29(26,27)25-12-7-8-19-17-24-13-11-18-15-20(28-2)9-10-21(18)23(24)16-22(19)25;/h9-10,15,19,22-23H,3-8,11-14,16-17H2,1-2H3;1H/t19-,22+,23+;/m1./s1. The van der Waals surface area contributed by atoms with E-state index in [2.05, 4.69) is 30.0 Å². The lowest BCUT2D eigenvalue weighted by Gasteiger charge is -2.51. The summed E-state index contributed by atoms with van der Waals surface area (Å²) in [4.78, 5) is 2.60. The highest BCUT2D eigenvalue weighted by atomic mass is 35.5. The van der Waals surface area contributed by atoms with Crippen LogP contribution >= 0.6 is 12.4 Å². The minimum Gasteiger partial charge on any atom is -0.497 e. The van der Waals surface area contributed by atoms with Gasteiger partial charge in [0, 0.05) is 31.7 Å². The molecule has 1 aromatic rings. The summed E-state index contributed by atoms with van der Waals surface area (Å²) in [6, 6.07) is 6.92. The summed E-state index contributed by atoms with van der Waals surface area (Å²) in [7, 11) is -1.45. The fourth-order valence-electron chi connectivity index (χ4n) is 5.69. The molecule has 0 N–H and O–H groups in total. The molecule has 5 nitrogen and oxygen atoms in total. The van der Waals surface area contributed by atoms with Crippen LogP contribution in [0.4, 0.5) is 0 Å². The normalized spacial score (nSPS) is 26.8.